The Balaban J connectivity index is 1.49. The molecular weight excluding hydrogens is 421 g/mol. The number of anilines is 1. The van der Waals surface area contributed by atoms with Crippen LogP contribution in [0.5, 0.6) is 0 Å². The molecule has 0 saturated carbocycles. The van der Waals surface area contributed by atoms with Gasteiger partial charge in [0.05, 0.1) is 29.2 Å². The largest absolute Gasteiger partial charge is 0.370 e. The van der Waals surface area contributed by atoms with Gasteiger partial charge in [-0.15, -0.1) is 0 Å². The van der Waals surface area contributed by atoms with E-state index >= 15 is 0 Å². The van der Waals surface area contributed by atoms with Gasteiger partial charge < -0.3 is 21.3 Å². The van der Waals surface area contributed by atoms with E-state index in [1.165, 1.54) is 0 Å². The Hall–Kier alpha value is -2.79. The number of aromatic nitrogens is 2. The van der Waals surface area contributed by atoms with E-state index in [4.69, 9.17) is 38.4 Å². The van der Waals surface area contributed by atoms with Gasteiger partial charge in [-0.05, 0) is 43.3 Å². The van der Waals surface area contributed by atoms with Crippen LogP contribution in [0.1, 0.15) is 11.3 Å². The molecule has 0 fully saturated rings. The number of fused-ring (bicyclic) bond motifs is 1. The van der Waals surface area contributed by atoms with Gasteiger partial charge in [-0.25, -0.2) is 9.97 Å². The van der Waals surface area contributed by atoms with Crippen molar-refractivity contribution in [1.29, 1.82) is 5.26 Å². The smallest absolute Gasteiger partial charge is 0.163 e. The van der Waals surface area contributed by atoms with E-state index in [2.05, 4.69) is 27.3 Å². The third-order valence-electron chi connectivity index (χ3n) is 4.91. The Morgan fingerprint density at radius 2 is 1.97 bits per heavy atom. The van der Waals surface area contributed by atoms with Gasteiger partial charge in [0.2, 0.25) is 0 Å². The number of halogens is 2. The van der Waals surface area contributed by atoms with Crippen molar-refractivity contribution < 1.29 is 0 Å². The minimum absolute atomic E-state index is 0.527. The van der Waals surface area contributed by atoms with E-state index in [9.17, 15) is 0 Å². The summed E-state index contributed by atoms with van der Waals surface area (Å²) in [5.74, 6) is 2.32. The first-order valence-corrected chi connectivity index (χ1v) is 10.5. The molecule has 0 saturated heterocycles. The van der Waals surface area contributed by atoms with Crippen LogP contribution in [0.15, 0.2) is 41.7 Å². The van der Waals surface area contributed by atoms with Crippen LogP contribution in [0.25, 0.3) is 11.4 Å². The molecule has 7 nitrogen and oxygen atoms in total. The Labute approximate surface area is 185 Å². The standard InChI is InChI=1S/C21H21Cl2N7/c22-14-2-3-15(17(23)9-14)21-29-18-12-25-6-5-16(18)20(30-21)27-8-7-26-19-4-1-13(10-24)11-28-19/h1-4,9,25-26,28H,5-8,11-12H2,(H,27,29,30). The number of hydrogen-bond acceptors (Lipinski definition) is 7. The normalized spacial score (nSPS) is 15.2. The number of hydrogen-bond donors (Lipinski definition) is 4. The number of dihydropyridines is 1. The molecule has 0 radical (unpaired) electrons. The second-order valence-corrected chi connectivity index (χ2v) is 7.81. The van der Waals surface area contributed by atoms with Gasteiger partial charge in [0.1, 0.15) is 5.82 Å². The topological polar surface area (TPSA) is 97.7 Å². The lowest BCUT2D eigenvalue weighted by atomic mass is 10.1. The Kier molecular flexibility index (Phi) is 6.38. The second kappa shape index (κ2) is 9.35. The highest BCUT2D eigenvalue weighted by Gasteiger charge is 2.19. The van der Waals surface area contributed by atoms with Crippen LogP contribution in [0.2, 0.25) is 10.0 Å². The number of nitrogens with zero attached hydrogens (tertiary/aromatic N) is 3. The molecule has 1 aromatic carbocycles. The number of allylic oxidation sites excluding steroid dienone is 2. The Morgan fingerprint density at radius 1 is 1.10 bits per heavy atom. The molecule has 1 aromatic heterocycles. The molecular formula is C21H21Cl2N7. The number of rotatable bonds is 6. The van der Waals surface area contributed by atoms with Gasteiger partial charge in [-0.2, -0.15) is 5.26 Å². The van der Waals surface area contributed by atoms with Gasteiger partial charge >= 0.3 is 0 Å². The lowest BCUT2D eigenvalue weighted by Gasteiger charge is -2.21. The minimum atomic E-state index is 0.527. The van der Waals surface area contributed by atoms with E-state index in [0.29, 0.717) is 47.6 Å². The van der Waals surface area contributed by atoms with Gasteiger partial charge in [0, 0.05) is 41.4 Å². The SMILES string of the molecule is N#CC1=CC=C(NCCNc2nc(-c3ccc(Cl)cc3Cl)nc3c2CCNC3)NC1. The fourth-order valence-corrected chi connectivity index (χ4v) is 3.86. The van der Waals surface area contributed by atoms with Crippen molar-refractivity contribution in [2.24, 2.45) is 0 Å². The number of benzene rings is 1. The van der Waals surface area contributed by atoms with Crippen LogP contribution in [-0.4, -0.2) is 36.1 Å². The molecule has 0 unspecified atom stereocenters. The summed E-state index contributed by atoms with van der Waals surface area (Å²) in [6.45, 7) is 3.52. The monoisotopic (exact) mass is 441 g/mol. The summed E-state index contributed by atoms with van der Waals surface area (Å²) < 4.78 is 0. The van der Waals surface area contributed by atoms with E-state index in [-0.39, 0.29) is 0 Å². The van der Waals surface area contributed by atoms with Crippen molar-refractivity contribution >= 4 is 29.0 Å². The summed E-state index contributed by atoms with van der Waals surface area (Å²) in [6.07, 6.45) is 4.57. The first kappa shape index (κ1) is 20.5. The maximum atomic E-state index is 8.90. The van der Waals surface area contributed by atoms with Crippen molar-refractivity contribution in [3.05, 3.63) is 63.0 Å². The van der Waals surface area contributed by atoms with Gasteiger partial charge in [0.25, 0.3) is 0 Å². The van der Waals surface area contributed by atoms with Crippen molar-refractivity contribution in [3.63, 3.8) is 0 Å². The Bertz CT molecular complexity index is 1060. The summed E-state index contributed by atoms with van der Waals surface area (Å²) in [5.41, 5.74) is 3.60. The fourth-order valence-electron chi connectivity index (χ4n) is 3.37. The summed E-state index contributed by atoms with van der Waals surface area (Å²) in [7, 11) is 0. The van der Waals surface area contributed by atoms with Crippen LogP contribution in [0.4, 0.5) is 5.82 Å². The molecule has 0 amide bonds. The molecule has 0 spiro atoms. The molecule has 0 bridgehead atoms. The maximum Gasteiger partial charge on any atom is 0.163 e. The van der Waals surface area contributed by atoms with Crippen LogP contribution in [0.3, 0.4) is 0 Å². The highest BCUT2D eigenvalue weighted by atomic mass is 35.5. The molecule has 2 aromatic rings. The molecule has 9 heteroatoms. The third-order valence-corrected chi connectivity index (χ3v) is 5.45. The highest BCUT2D eigenvalue weighted by molar-refractivity contribution is 6.36. The zero-order valence-electron chi connectivity index (χ0n) is 16.2. The van der Waals surface area contributed by atoms with E-state index in [0.717, 1.165) is 41.4 Å². The zero-order chi connectivity index (χ0) is 20.9. The van der Waals surface area contributed by atoms with E-state index in [1.807, 2.05) is 18.2 Å². The quantitative estimate of drug-likeness (QED) is 0.511. The van der Waals surface area contributed by atoms with Crippen LogP contribution < -0.4 is 21.3 Å². The van der Waals surface area contributed by atoms with Crippen molar-refractivity contribution in [2.45, 2.75) is 13.0 Å². The molecule has 3 heterocycles. The molecule has 4 N–H and O–H groups in total. The summed E-state index contributed by atoms with van der Waals surface area (Å²) >= 11 is 12.4. The summed E-state index contributed by atoms with van der Waals surface area (Å²) in [5, 5.41) is 23.3. The van der Waals surface area contributed by atoms with Crippen molar-refractivity contribution in [1.82, 2.24) is 25.9 Å². The van der Waals surface area contributed by atoms with Gasteiger partial charge in [0.15, 0.2) is 5.82 Å². The molecule has 154 valence electrons. The second-order valence-electron chi connectivity index (χ2n) is 6.96. The molecule has 30 heavy (non-hydrogen) atoms. The minimum Gasteiger partial charge on any atom is -0.370 e. The zero-order valence-corrected chi connectivity index (χ0v) is 17.7. The molecule has 2 aliphatic heterocycles. The van der Waals surface area contributed by atoms with Crippen molar-refractivity contribution in [3.8, 4) is 17.5 Å². The predicted octanol–water partition coefficient (Wildman–Crippen LogP) is 2.99. The molecule has 0 atom stereocenters. The average Bonchev–Trinajstić information content (AvgIpc) is 2.77. The fraction of sp³-hybridized carbons (Fsp3) is 0.286. The first-order valence-electron chi connectivity index (χ1n) is 9.72. The van der Waals surface area contributed by atoms with Crippen LogP contribution in [-0.2, 0) is 13.0 Å². The predicted molar refractivity (Wildman–Crippen MR) is 119 cm³/mol. The lowest BCUT2D eigenvalue weighted by Crippen LogP contribution is -2.33. The molecule has 4 rings (SSSR count). The molecule has 2 aliphatic rings. The summed E-state index contributed by atoms with van der Waals surface area (Å²) in [6, 6.07) is 7.48. The van der Waals surface area contributed by atoms with Crippen LogP contribution >= 0.6 is 23.2 Å². The van der Waals surface area contributed by atoms with Crippen LogP contribution in [0, 0.1) is 11.3 Å². The van der Waals surface area contributed by atoms with Gasteiger partial charge in [-0.3, -0.25) is 0 Å². The van der Waals surface area contributed by atoms with Crippen molar-refractivity contribution in [2.75, 3.05) is 31.5 Å². The Morgan fingerprint density at radius 3 is 2.73 bits per heavy atom. The third kappa shape index (κ3) is 4.68. The maximum absolute atomic E-state index is 8.90. The highest BCUT2D eigenvalue weighted by Crippen LogP contribution is 2.31. The first-order chi connectivity index (χ1) is 14.6. The number of nitrogens with one attached hydrogen (secondary N) is 4. The van der Waals surface area contributed by atoms with E-state index in [1.54, 1.807) is 12.1 Å². The molecule has 0 aliphatic carbocycles. The average molecular weight is 442 g/mol. The van der Waals surface area contributed by atoms with E-state index < -0.39 is 0 Å². The lowest BCUT2D eigenvalue weighted by molar-refractivity contribution is 0.624. The van der Waals surface area contributed by atoms with Gasteiger partial charge in [-0.1, -0.05) is 23.2 Å². The number of nitriles is 1. The summed E-state index contributed by atoms with van der Waals surface area (Å²) in [4.78, 5) is 9.51.